The lowest BCUT2D eigenvalue weighted by Gasteiger charge is -2.15. The first-order chi connectivity index (χ1) is 9.06. The van der Waals surface area contributed by atoms with E-state index >= 15 is 0 Å². The number of amides is 1. The largest absolute Gasteiger partial charge is 0.393 e. The average molecular weight is 278 g/mol. The Bertz CT molecular complexity index is 446. The fraction of sp³-hybridized carbons (Fsp3) is 0.467. The Hall–Kier alpha value is -1.42. The topological polar surface area (TPSA) is 55.1 Å². The molecule has 1 rings (SSSR count). The van der Waals surface area contributed by atoms with Crippen LogP contribution in [0.15, 0.2) is 24.3 Å². The zero-order valence-corrected chi connectivity index (χ0v) is 12.4. The summed E-state index contributed by atoms with van der Waals surface area (Å²) in [4.78, 5) is 12.3. The van der Waals surface area contributed by atoms with Gasteiger partial charge in [-0.1, -0.05) is 49.8 Å². The van der Waals surface area contributed by atoms with Gasteiger partial charge < -0.3 is 11.1 Å². The molecule has 4 heteroatoms. The van der Waals surface area contributed by atoms with Crippen LogP contribution in [0.5, 0.6) is 0 Å². The molecule has 0 aliphatic carbocycles. The van der Waals surface area contributed by atoms with Crippen molar-refractivity contribution in [1.82, 2.24) is 5.32 Å². The summed E-state index contributed by atoms with van der Waals surface area (Å²) in [5.41, 5.74) is 8.10. The van der Waals surface area contributed by atoms with Gasteiger partial charge >= 0.3 is 0 Å². The zero-order valence-electron chi connectivity index (χ0n) is 11.6. The lowest BCUT2D eigenvalue weighted by Crippen LogP contribution is -2.38. The zero-order chi connectivity index (χ0) is 14.3. The first-order valence-electron chi connectivity index (χ1n) is 6.67. The molecule has 19 heavy (non-hydrogen) atoms. The lowest BCUT2D eigenvalue weighted by atomic mass is 10.0. The normalized spacial score (nSPS) is 11.9. The fourth-order valence-corrected chi connectivity index (χ4v) is 2.25. The van der Waals surface area contributed by atoms with E-state index in [1.165, 1.54) is 11.1 Å². The van der Waals surface area contributed by atoms with Crippen LogP contribution in [0, 0.1) is 12.8 Å². The van der Waals surface area contributed by atoms with Gasteiger partial charge in [0.25, 0.3) is 0 Å². The molecule has 104 valence electrons. The number of carbonyl (C=O) groups is 1. The summed E-state index contributed by atoms with van der Waals surface area (Å²) in [6.07, 6.45) is 2.44. The highest BCUT2D eigenvalue weighted by atomic mass is 32.1. The van der Waals surface area contributed by atoms with Crippen LogP contribution in [0.3, 0.4) is 0 Å². The molecule has 1 unspecified atom stereocenters. The van der Waals surface area contributed by atoms with Gasteiger partial charge in [0.2, 0.25) is 5.91 Å². The van der Waals surface area contributed by atoms with Crippen molar-refractivity contribution < 1.29 is 4.79 Å². The first kappa shape index (κ1) is 15.6. The molecule has 3 nitrogen and oxygen atoms in total. The van der Waals surface area contributed by atoms with E-state index in [4.69, 9.17) is 18.0 Å². The van der Waals surface area contributed by atoms with E-state index in [9.17, 15) is 4.79 Å². The summed E-state index contributed by atoms with van der Waals surface area (Å²) >= 11 is 4.94. The first-order valence-corrected chi connectivity index (χ1v) is 7.08. The van der Waals surface area contributed by atoms with Gasteiger partial charge in [-0.05, 0) is 30.9 Å². The maximum absolute atomic E-state index is 12.0. The highest BCUT2D eigenvalue weighted by molar-refractivity contribution is 7.80. The number of benzene rings is 1. The Morgan fingerprint density at radius 2 is 2.11 bits per heavy atom. The lowest BCUT2D eigenvalue weighted by molar-refractivity contribution is -0.123. The standard InChI is InChI=1S/C15H22N2OS/c1-3-6-13(14(16)19)15(18)17-10-9-12-8-5-4-7-11(12)2/h4-5,7-8,13H,3,6,9-10H2,1-2H3,(H2,16,19)(H,17,18). The molecule has 0 saturated carbocycles. The molecule has 0 aliphatic heterocycles. The molecule has 1 atom stereocenters. The van der Waals surface area contributed by atoms with Gasteiger partial charge in [0.05, 0.1) is 10.9 Å². The SMILES string of the molecule is CCCC(C(=O)NCCc1ccccc1C)C(N)=S. The Balaban J connectivity index is 2.46. The van der Waals surface area contributed by atoms with E-state index in [1.54, 1.807) is 0 Å². The summed E-state index contributed by atoms with van der Waals surface area (Å²) in [6.45, 7) is 4.71. The number of carbonyl (C=O) groups excluding carboxylic acids is 1. The van der Waals surface area contributed by atoms with E-state index in [0.717, 1.165) is 12.8 Å². The van der Waals surface area contributed by atoms with Crippen LogP contribution in [0.1, 0.15) is 30.9 Å². The van der Waals surface area contributed by atoms with Gasteiger partial charge in [-0.25, -0.2) is 0 Å². The van der Waals surface area contributed by atoms with Crippen molar-refractivity contribution in [2.24, 2.45) is 11.7 Å². The van der Waals surface area contributed by atoms with Crippen LogP contribution in [-0.2, 0) is 11.2 Å². The van der Waals surface area contributed by atoms with Crippen LogP contribution < -0.4 is 11.1 Å². The second-order valence-electron chi connectivity index (χ2n) is 4.71. The molecule has 0 bridgehead atoms. The van der Waals surface area contributed by atoms with E-state index in [1.807, 2.05) is 19.1 Å². The molecule has 0 fully saturated rings. The molecule has 0 radical (unpaired) electrons. The van der Waals surface area contributed by atoms with Crippen molar-refractivity contribution in [2.75, 3.05) is 6.54 Å². The van der Waals surface area contributed by atoms with Crippen molar-refractivity contribution >= 4 is 23.1 Å². The van der Waals surface area contributed by atoms with Crippen molar-refractivity contribution in [3.8, 4) is 0 Å². The van der Waals surface area contributed by atoms with Crippen LogP contribution >= 0.6 is 12.2 Å². The summed E-state index contributed by atoms with van der Waals surface area (Å²) in [7, 11) is 0. The summed E-state index contributed by atoms with van der Waals surface area (Å²) in [6, 6.07) is 8.19. The third-order valence-corrected chi connectivity index (χ3v) is 3.48. The molecule has 0 saturated heterocycles. The number of nitrogens with one attached hydrogen (secondary N) is 1. The van der Waals surface area contributed by atoms with E-state index in [2.05, 4.69) is 24.4 Å². The van der Waals surface area contributed by atoms with Crippen LogP contribution in [-0.4, -0.2) is 17.4 Å². The molecule has 3 N–H and O–H groups in total. The quantitative estimate of drug-likeness (QED) is 0.753. The Labute approximate surface area is 120 Å². The predicted octanol–water partition coefficient (Wildman–Crippen LogP) is 2.36. The summed E-state index contributed by atoms with van der Waals surface area (Å²) in [5.74, 6) is -0.389. The number of hydrogen-bond acceptors (Lipinski definition) is 2. The number of hydrogen-bond donors (Lipinski definition) is 2. The monoisotopic (exact) mass is 278 g/mol. The maximum Gasteiger partial charge on any atom is 0.229 e. The molecule has 0 aliphatic rings. The number of thiocarbonyl (C=S) groups is 1. The number of aryl methyl sites for hydroxylation is 1. The predicted molar refractivity (Wildman–Crippen MR) is 83.1 cm³/mol. The minimum absolute atomic E-state index is 0.0528. The van der Waals surface area contributed by atoms with E-state index in [-0.39, 0.29) is 16.8 Å². The average Bonchev–Trinajstić information content (AvgIpc) is 2.37. The molecule has 1 aromatic carbocycles. The second-order valence-corrected chi connectivity index (χ2v) is 5.18. The van der Waals surface area contributed by atoms with Crippen molar-refractivity contribution in [2.45, 2.75) is 33.1 Å². The van der Waals surface area contributed by atoms with Crippen LogP contribution in [0.4, 0.5) is 0 Å². The third kappa shape index (κ3) is 4.99. The minimum atomic E-state index is -0.336. The number of nitrogens with two attached hydrogens (primary N) is 1. The van der Waals surface area contributed by atoms with Gasteiger partial charge in [0.15, 0.2) is 0 Å². The Morgan fingerprint density at radius 1 is 1.42 bits per heavy atom. The minimum Gasteiger partial charge on any atom is -0.393 e. The van der Waals surface area contributed by atoms with Crippen LogP contribution in [0.2, 0.25) is 0 Å². The molecule has 0 aromatic heterocycles. The van der Waals surface area contributed by atoms with Gasteiger partial charge in [-0.15, -0.1) is 0 Å². The van der Waals surface area contributed by atoms with Gasteiger partial charge in [-0.3, -0.25) is 4.79 Å². The van der Waals surface area contributed by atoms with Crippen molar-refractivity contribution in [3.63, 3.8) is 0 Å². The van der Waals surface area contributed by atoms with E-state index < -0.39 is 0 Å². The Kier molecular flexibility index (Phi) is 6.50. The van der Waals surface area contributed by atoms with Gasteiger partial charge in [-0.2, -0.15) is 0 Å². The van der Waals surface area contributed by atoms with Gasteiger partial charge in [0.1, 0.15) is 0 Å². The maximum atomic E-state index is 12.0. The highest BCUT2D eigenvalue weighted by Crippen LogP contribution is 2.09. The smallest absolute Gasteiger partial charge is 0.229 e. The molecule has 1 amide bonds. The molecule has 1 aromatic rings. The van der Waals surface area contributed by atoms with Crippen LogP contribution in [0.25, 0.3) is 0 Å². The third-order valence-electron chi connectivity index (χ3n) is 3.19. The van der Waals surface area contributed by atoms with Crippen molar-refractivity contribution in [3.05, 3.63) is 35.4 Å². The molecule has 0 heterocycles. The molecule has 0 spiro atoms. The second kappa shape index (κ2) is 7.89. The van der Waals surface area contributed by atoms with Gasteiger partial charge in [0, 0.05) is 6.54 Å². The highest BCUT2D eigenvalue weighted by Gasteiger charge is 2.19. The summed E-state index contributed by atoms with van der Waals surface area (Å²) < 4.78 is 0. The fourth-order valence-electron chi connectivity index (χ4n) is 2.03. The van der Waals surface area contributed by atoms with E-state index in [0.29, 0.717) is 13.0 Å². The summed E-state index contributed by atoms with van der Waals surface area (Å²) in [5, 5.41) is 2.92. The Morgan fingerprint density at radius 3 is 2.68 bits per heavy atom. The molecular weight excluding hydrogens is 256 g/mol. The number of rotatable bonds is 7. The molecular formula is C15H22N2OS. The van der Waals surface area contributed by atoms with Crippen molar-refractivity contribution in [1.29, 1.82) is 0 Å².